The van der Waals surface area contributed by atoms with E-state index in [1.165, 1.54) is 20.3 Å². The van der Waals surface area contributed by atoms with Crippen LogP contribution in [0.5, 0.6) is 0 Å². The highest BCUT2D eigenvalue weighted by Crippen LogP contribution is 2.48. The molecule has 0 radical (unpaired) electrons. The molecule has 2 saturated heterocycles. The maximum Gasteiger partial charge on any atom is 0.0729 e. The molecular formula is C6H10S6. The molecule has 0 aliphatic carbocycles. The third-order valence-electron chi connectivity index (χ3n) is 1.48. The summed E-state index contributed by atoms with van der Waals surface area (Å²) in [5.41, 5.74) is 0. The Morgan fingerprint density at radius 1 is 0.583 bits per heavy atom. The maximum atomic E-state index is 2.14. The van der Waals surface area contributed by atoms with Crippen LogP contribution < -0.4 is 0 Å². The highest BCUT2D eigenvalue weighted by molar-refractivity contribution is 8.36. The summed E-state index contributed by atoms with van der Waals surface area (Å²) < 4.78 is 1.73. The van der Waals surface area contributed by atoms with E-state index in [1.807, 2.05) is 0 Å². The summed E-state index contributed by atoms with van der Waals surface area (Å²) in [5, 5.41) is 5.23. The second-order valence-corrected chi connectivity index (χ2v) is 10.8. The van der Waals surface area contributed by atoms with Crippen LogP contribution in [0.1, 0.15) is 0 Å². The molecule has 0 spiro atoms. The van der Waals surface area contributed by atoms with E-state index < -0.39 is 0 Å². The summed E-state index contributed by atoms with van der Waals surface area (Å²) in [5.74, 6) is 0. The minimum absolute atomic E-state index is 0.863. The van der Waals surface area contributed by atoms with E-state index in [0.29, 0.717) is 0 Å². The van der Waals surface area contributed by atoms with Crippen molar-refractivity contribution in [2.45, 2.75) is 9.16 Å². The topological polar surface area (TPSA) is 0 Å². The van der Waals surface area contributed by atoms with Crippen molar-refractivity contribution in [3.63, 3.8) is 0 Å². The van der Waals surface area contributed by atoms with Gasteiger partial charge in [0, 0.05) is 20.3 Å². The summed E-state index contributed by atoms with van der Waals surface area (Å²) in [4.78, 5) is 0. The molecule has 0 aromatic carbocycles. The van der Waals surface area contributed by atoms with Crippen LogP contribution in [0.25, 0.3) is 0 Å². The molecule has 0 nitrogen and oxygen atoms in total. The van der Waals surface area contributed by atoms with Crippen molar-refractivity contribution in [2.24, 2.45) is 0 Å². The minimum Gasteiger partial charge on any atom is -0.140 e. The lowest BCUT2D eigenvalue weighted by Gasteiger charge is -2.30. The van der Waals surface area contributed by atoms with Crippen molar-refractivity contribution in [3.8, 4) is 0 Å². The van der Waals surface area contributed by atoms with Gasteiger partial charge in [0.2, 0.25) is 0 Å². The van der Waals surface area contributed by atoms with Gasteiger partial charge in [0.15, 0.2) is 0 Å². The second kappa shape index (κ2) is 5.85. The van der Waals surface area contributed by atoms with E-state index in [9.17, 15) is 0 Å². The van der Waals surface area contributed by atoms with E-state index in [0.717, 1.165) is 9.16 Å². The molecule has 0 bridgehead atoms. The summed E-state index contributed by atoms with van der Waals surface area (Å²) in [7, 11) is 0. The van der Waals surface area contributed by atoms with Gasteiger partial charge in [0.05, 0.1) is 9.16 Å². The Labute approximate surface area is 99.3 Å². The van der Waals surface area contributed by atoms with Crippen LogP contribution in [0.3, 0.4) is 0 Å². The average Bonchev–Trinajstić information content (AvgIpc) is 2.21. The van der Waals surface area contributed by atoms with Crippen LogP contribution >= 0.6 is 70.6 Å². The van der Waals surface area contributed by atoms with Gasteiger partial charge in [-0.3, -0.25) is 0 Å². The lowest BCUT2D eigenvalue weighted by atomic mass is 10.9. The molecular weight excluding hydrogens is 264 g/mol. The van der Waals surface area contributed by atoms with Gasteiger partial charge in [0.1, 0.15) is 0 Å². The number of hydrogen-bond acceptors (Lipinski definition) is 6. The van der Waals surface area contributed by atoms with E-state index in [4.69, 9.17) is 0 Å². The first-order valence-corrected chi connectivity index (χ1v) is 10.1. The van der Waals surface area contributed by atoms with Crippen LogP contribution in [0, 0.1) is 0 Å². The van der Waals surface area contributed by atoms with Crippen molar-refractivity contribution in [2.75, 3.05) is 20.3 Å². The molecule has 2 fully saturated rings. The number of rotatable bonds is 1. The van der Waals surface area contributed by atoms with Crippen LogP contribution in [0.2, 0.25) is 0 Å². The molecule has 2 aliphatic heterocycles. The van der Waals surface area contributed by atoms with Gasteiger partial charge in [0.25, 0.3) is 0 Å². The van der Waals surface area contributed by atoms with Crippen LogP contribution in [0.15, 0.2) is 0 Å². The van der Waals surface area contributed by atoms with Crippen LogP contribution in [0.4, 0.5) is 0 Å². The normalized spacial score (nSPS) is 29.0. The van der Waals surface area contributed by atoms with Crippen molar-refractivity contribution in [1.82, 2.24) is 0 Å². The highest BCUT2D eigenvalue weighted by atomic mass is 32.3. The Bertz CT molecular complexity index is 112. The van der Waals surface area contributed by atoms with Crippen LogP contribution in [-0.2, 0) is 0 Å². The van der Waals surface area contributed by atoms with Crippen molar-refractivity contribution < 1.29 is 0 Å². The molecule has 2 rings (SSSR count). The fourth-order valence-corrected chi connectivity index (χ4v) is 11.7. The standard InChI is InChI=1S/C6H10S6/c1-7-2-10-5(9-1)6-11-3-8-4-12-6/h5-6H,1-4H2. The lowest BCUT2D eigenvalue weighted by molar-refractivity contribution is 1.35. The third kappa shape index (κ3) is 3.05. The van der Waals surface area contributed by atoms with E-state index in [-0.39, 0.29) is 0 Å². The van der Waals surface area contributed by atoms with Crippen molar-refractivity contribution in [3.05, 3.63) is 0 Å². The molecule has 0 N–H and O–H groups in total. The maximum absolute atomic E-state index is 2.14. The molecule has 0 saturated carbocycles. The van der Waals surface area contributed by atoms with E-state index in [2.05, 4.69) is 70.6 Å². The Morgan fingerprint density at radius 3 is 1.25 bits per heavy atom. The smallest absolute Gasteiger partial charge is 0.0729 e. The van der Waals surface area contributed by atoms with Gasteiger partial charge in [-0.15, -0.1) is 70.6 Å². The lowest BCUT2D eigenvalue weighted by Crippen LogP contribution is -2.18. The zero-order chi connectivity index (χ0) is 8.23. The first-order valence-electron chi connectivity index (χ1n) is 3.59. The average molecular weight is 275 g/mol. The van der Waals surface area contributed by atoms with Gasteiger partial charge < -0.3 is 0 Å². The predicted octanol–water partition coefficient (Wildman–Crippen LogP) is 3.90. The molecule has 0 atom stereocenters. The predicted molar refractivity (Wildman–Crippen MR) is 72.6 cm³/mol. The summed E-state index contributed by atoms with van der Waals surface area (Å²) in [6, 6.07) is 0. The van der Waals surface area contributed by atoms with Crippen molar-refractivity contribution >= 4 is 70.6 Å². The molecule has 0 aromatic rings. The number of thioether (sulfide) groups is 6. The number of hydrogen-bond donors (Lipinski definition) is 0. The Morgan fingerprint density at radius 2 is 0.917 bits per heavy atom. The SMILES string of the molecule is C1SCSC(C2SCSCS2)S1. The quantitative estimate of drug-likeness (QED) is 0.706. The molecule has 2 heterocycles. The molecule has 0 amide bonds. The molecule has 0 unspecified atom stereocenters. The van der Waals surface area contributed by atoms with Crippen molar-refractivity contribution in [1.29, 1.82) is 0 Å². The van der Waals surface area contributed by atoms with Gasteiger partial charge in [-0.25, -0.2) is 0 Å². The third-order valence-corrected chi connectivity index (χ3v) is 11.1. The largest absolute Gasteiger partial charge is 0.140 e. The van der Waals surface area contributed by atoms with Gasteiger partial charge in [-0.1, -0.05) is 0 Å². The Hall–Kier alpha value is 2.10. The second-order valence-electron chi connectivity index (χ2n) is 2.28. The fourth-order valence-electron chi connectivity index (χ4n) is 0.939. The van der Waals surface area contributed by atoms with Gasteiger partial charge >= 0.3 is 0 Å². The van der Waals surface area contributed by atoms with E-state index >= 15 is 0 Å². The Kier molecular flexibility index (Phi) is 5.18. The monoisotopic (exact) mass is 274 g/mol. The van der Waals surface area contributed by atoms with Gasteiger partial charge in [-0.05, 0) is 0 Å². The van der Waals surface area contributed by atoms with Crippen LogP contribution in [-0.4, -0.2) is 29.5 Å². The summed E-state index contributed by atoms with van der Waals surface area (Å²) in [6.07, 6.45) is 0. The fraction of sp³-hybridized carbons (Fsp3) is 1.00. The summed E-state index contributed by atoms with van der Waals surface area (Å²) >= 11 is 12.7. The molecule has 6 heteroatoms. The van der Waals surface area contributed by atoms with Gasteiger partial charge in [-0.2, -0.15) is 0 Å². The molecule has 12 heavy (non-hydrogen) atoms. The molecule has 0 aromatic heterocycles. The zero-order valence-electron chi connectivity index (χ0n) is 6.43. The molecule has 2 aliphatic rings. The first kappa shape index (κ1) is 10.6. The zero-order valence-corrected chi connectivity index (χ0v) is 11.3. The Balaban J connectivity index is 1.80. The first-order chi connectivity index (χ1) is 5.97. The van der Waals surface area contributed by atoms with E-state index in [1.54, 1.807) is 0 Å². The summed E-state index contributed by atoms with van der Waals surface area (Å²) in [6.45, 7) is 0. The highest BCUT2D eigenvalue weighted by Gasteiger charge is 2.27. The minimum atomic E-state index is 0.863. The molecule has 70 valence electrons.